The van der Waals surface area contributed by atoms with E-state index in [1.165, 1.54) is 54.5 Å². The minimum atomic E-state index is -0.815. The highest BCUT2D eigenvalue weighted by atomic mass is 16.3. The number of phenolic OH excluding ortho intramolecular Hbond substituents is 1. The lowest BCUT2D eigenvalue weighted by Gasteiger charge is -2.60. The average molecular weight is 434 g/mol. The molecule has 5 heteroatoms. The van der Waals surface area contributed by atoms with Gasteiger partial charge in [0.25, 0.3) is 0 Å². The van der Waals surface area contributed by atoms with Crippen LogP contribution in [-0.4, -0.2) is 49.6 Å². The molecule has 7 rings (SSSR count). The number of rotatable bonds is 3. The zero-order valence-corrected chi connectivity index (χ0v) is 19.2. The van der Waals surface area contributed by atoms with Gasteiger partial charge in [0, 0.05) is 36.5 Å². The molecule has 1 aromatic heterocycles. The molecule has 5 aliphatic rings. The Labute approximate surface area is 190 Å². The van der Waals surface area contributed by atoms with Crippen LogP contribution in [0.4, 0.5) is 0 Å². The largest absolute Gasteiger partial charge is 0.508 e. The summed E-state index contributed by atoms with van der Waals surface area (Å²) in [5, 5.41) is 28.4. The van der Waals surface area contributed by atoms with Crippen molar-refractivity contribution < 1.29 is 10.2 Å². The maximum Gasteiger partial charge on any atom is 0.115 e. The van der Waals surface area contributed by atoms with Crippen LogP contribution in [0, 0.1) is 12.8 Å². The highest BCUT2D eigenvalue weighted by Crippen LogP contribution is 2.57. The third kappa shape index (κ3) is 2.55. The third-order valence-electron chi connectivity index (χ3n) is 9.79. The number of aromatic hydroxyl groups is 1. The topological polar surface area (TPSA) is 61.5 Å². The van der Waals surface area contributed by atoms with Crippen LogP contribution in [0.1, 0.15) is 79.1 Å². The van der Waals surface area contributed by atoms with E-state index in [-0.39, 0.29) is 11.5 Å². The fraction of sp³-hybridized carbons (Fsp3) is 0.667. The van der Waals surface area contributed by atoms with Gasteiger partial charge in [-0.05, 0) is 99.6 Å². The lowest BCUT2D eigenvalue weighted by Crippen LogP contribution is -2.71. The van der Waals surface area contributed by atoms with Gasteiger partial charge in [0.2, 0.25) is 0 Å². The number of hydrogen-bond acceptors (Lipinski definition) is 4. The highest BCUT2D eigenvalue weighted by Gasteiger charge is 2.64. The smallest absolute Gasteiger partial charge is 0.115 e. The molecule has 170 valence electrons. The first-order valence-corrected chi connectivity index (χ1v) is 12.8. The molecule has 4 aliphatic carbocycles. The lowest BCUT2D eigenvalue weighted by atomic mass is 9.53. The van der Waals surface area contributed by atoms with Crippen LogP contribution in [0.15, 0.2) is 18.2 Å². The van der Waals surface area contributed by atoms with Crippen LogP contribution >= 0.6 is 0 Å². The number of likely N-dealkylation sites (tertiary alicyclic amines) is 1. The van der Waals surface area contributed by atoms with Gasteiger partial charge in [0.05, 0.1) is 17.3 Å². The molecule has 0 amide bonds. The fourth-order valence-electron chi connectivity index (χ4n) is 7.65. The van der Waals surface area contributed by atoms with Crippen molar-refractivity contribution in [1.29, 1.82) is 0 Å². The highest BCUT2D eigenvalue weighted by molar-refractivity contribution is 5.50. The van der Waals surface area contributed by atoms with Crippen molar-refractivity contribution in [3.05, 3.63) is 46.3 Å². The number of phenols is 1. The average Bonchev–Trinajstić information content (AvgIpc) is 3.50. The van der Waals surface area contributed by atoms with Crippen molar-refractivity contribution in [1.82, 2.24) is 14.7 Å². The fourth-order valence-corrected chi connectivity index (χ4v) is 7.65. The molecule has 0 spiro atoms. The van der Waals surface area contributed by atoms with Gasteiger partial charge in [-0.25, -0.2) is 0 Å². The normalized spacial score (nSPS) is 34.2. The molecule has 1 aromatic carbocycles. The number of nitrogens with zero attached hydrogens (tertiary/aromatic N) is 3. The molecule has 3 atom stereocenters. The van der Waals surface area contributed by atoms with E-state index in [2.05, 4.69) is 22.6 Å². The minimum Gasteiger partial charge on any atom is -0.508 e. The second kappa shape index (κ2) is 6.60. The summed E-state index contributed by atoms with van der Waals surface area (Å²) in [6, 6.07) is 6.64. The quantitative estimate of drug-likeness (QED) is 0.773. The SMILES string of the molecule is Cc1nn(C2CCC2)c2c1C[C@@]1(O)[C@H]3CCc4ccc(O)cc4[C@@]1(CCN3CC1CC1)C2. The van der Waals surface area contributed by atoms with E-state index in [4.69, 9.17) is 5.10 Å². The number of aryl methyl sites for hydroxylation is 2. The summed E-state index contributed by atoms with van der Waals surface area (Å²) in [5.74, 6) is 1.15. The van der Waals surface area contributed by atoms with Crippen LogP contribution in [0.2, 0.25) is 0 Å². The van der Waals surface area contributed by atoms with Gasteiger partial charge >= 0.3 is 0 Å². The summed E-state index contributed by atoms with van der Waals surface area (Å²) in [4.78, 5) is 2.64. The molecule has 3 fully saturated rings. The van der Waals surface area contributed by atoms with Gasteiger partial charge in [-0.15, -0.1) is 0 Å². The second-order valence-electron chi connectivity index (χ2n) is 11.5. The van der Waals surface area contributed by atoms with Crippen LogP contribution in [-0.2, 0) is 24.7 Å². The maximum atomic E-state index is 12.8. The van der Waals surface area contributed by atoms with E-state index in [0.29, 0.717) is 18.2 Å². The maximum absolute atomic E-state index is 12.8. The van der Waals surface area contributed by atoms with Gasteiger partial charge in [0.1, 0.15) is 5.75 Å². The lowest BCUT2D eigenvalue weighted by molar-refractivity contribution is -0.144. The van der Waals surface area contributed by atoms with Crippen molar-refractivity contribution >= 4 is 0 Å². The molecule has 5 nitrogen and oxygen atoms in total. The zero-order valence-electron chi connectivity index (χ0n) is 19.2. The van der Waals surface area contributed by atoms with Gasteiger partial charge in [-0.2, -0.15) is 5.10 Å². The molecule has 1 aliphatic heterocycles. The summed E-state index contributed by atoms with van der Waals surface area (Å²) >= 11 is 0. The molecule has 32 heavy (non-hydrogen) atoms. The van der Waals surface area contributed by atoms with Crippen LogP contribution < -0.4 is 0 Å². The van der Waals surface area contributed by atoms with Gasteiger partial charge in [0.15, 0.2) is 0 Å². The first-order chi connectivity index (χ1) is 15.5. The number of piperidine rings is 1. The monoisotopic (exact) mass is 433 g/mol. The minimum absolute atomic E-state index is 0.172. The predicted molar refractivity (Wildman–Crippen MR) is 123 cm³/mol. The first-order valence-electron chi connectivity index (χ1n) is 12.8. The van der Waals surface area contributed by atoms with E-state index in [0.717, 1.165) is 50.4 Å². The number of fused-ring (bicyclic) bond motifs is 2. The summed E-state index contributed by atoms with van der Waals surface area (Å²) in [6.45, 7) is 4.33. The predicted octanol–water partition coefficient (Wildman–Crippen LogP) is 3.82. The summed E-state index contributed by atoms with van der Waals surface area (Å²) in [6.07, 6.45) is 10.9. The van der Waals surface area contributed by atoms with Gasteiger partial charge in [-0.1, -0.05) is 6.07 Å². The van der Waals surface area contributed by atoms with Crippen LogP contribution in [0.3, 0.4) is 0 Å². The molecule has 2 aromatic rings. The summed E-state index contributed by atoms with van der Waals surface area (Å²) < 4.78 is 2.33. The molecule has 1 saturated heterocycles. The Morgan fingerprint density at radius 1 is 1.12 bits per heavy atom. The van der Waals surface area contributed by atoms with Gasteiger partial charge < -0.3 is 10.2 Å². The number of benzene rings is 1. The Kier molecular flexibility index (Phi) is 4.04. The van der Waals surface area contributed by atoms with Crippen molar-refractivity contribution in [2.24, 2.45) is 5.92 Å². The van der Waals surface area contributed by atoms with E-state index < -0.39 is 5.60 Å². The Bertz CT molecular complexity index is 1080. The molecular formula is C27H35N3O2. The van der Waals surface area contributed by atoms with Gasteiger partial charge in [-0.3, -0.25) is 9.58 Å². The van der Waals surface area contributed by atoms with Crippen molar-refractivity contribution in [2.75, 3.05) is 13.1 Å². The second-order valence-corrected chi connectivity index (χ2v) is 11.5. The number of aliphatic hydroxyl groups is 1. The van der Waals surface area contributed by atoms with E-state index >= 15 is 0 Å². The molecule has 2 saturated carbocycles. The Balaban J connectivity index is 1.42. The summed E-state index contributed by atoms with van der Waals surface area (Å²) in [5.41, 5.74) is 5.15. The Morgan fingerprint density at radius 2 is 1.97 bits per heavy atom. The molecule has 2 heterocycles. The molecule has 0 radical (unpaired) electrons. The Morgan fingerprint density at radius 3 is 2.72 bits per heavy atom. The van der Waals surface area contributed by atoms with E-state index in [9.17, 15) is 10.2 Å². The van der Waals surface area contributed by atoms with Crippen LogP contribution in [0.5, 0.6) is 5.75 Å². The number of aromatic nitrogens is 2. The molecule has 0 unspecified atom stereocenters. The summed E-state index contributed by atoms with van der Waals surface area (Å²) in [7, 11) is 0. The van der Waals surface area contributed by atoms with E-state index in [1.54, 1.807) is 0 Å². The third-order valence-corrected chi connectivity index (χ3v) is 9.79. The number of hydrogen-bond donors (Lipinski definition) is 2. The van der Waals surface area contributed by atoms with E-state index in [1.807, 2.05) is 12.1 Å². The van der Waals surface area contributed by atoms with Crippen molar-refractivity contribution in [3.63, 3.8) is 0 Å². The standard InChI is InChI=1S/C27H35N3O2/c1-17-22-14-27(32)25-10-8-19-7-9-21(31)13-23(19)26(27,11-12-29(25)16-18-5-6-18)15-24(22)30(28-17)20-3-2-4-20/h7,9,13,18,20,25,31-32H,2-6,8,10-12,14-16H2,1H3/t25-,26-,27-/m1/s1. The van der Waals surface area contributed by atoms with Crippen LogP contribution in [0.25, 0.3) is 0 Å². The zero-order chi connectivity index (χ0) is 21.7. The van der Waals surface area contributed by atoms with Crippen molar-refractivity contribution in [3.8, 4) is 5.75 Å². The first kappa shape index (κ1) is 19.6. The van der Waals surface area contributed by atoms with Crippen molar-refractivity contribution in [2.45, 2.75) is 94.2 Å². The molecule has 2 bridgehead atoms. The Hall–Kier alpha value is -1.85. The molecule has 2 N–H and O–H groups in total. The molecular weight excluding hydrogens is 398 g/mol.